The lowest BCUT2D eigenvalue weighted by molar-refractivity contribution is 0.0591. The minimum atomic E-state index is -0.546. The molecule has 0 fully saturated rings. The first-order chi connectivity index (χ1) is 24.3. The van der Waals surface area contributed by atoms with Gasteiger partial charge in [0.15, 0.2) is 0 Å². The zero-order chi connectivity index (χ0) is 37.2. The topological polar surface area (TPSA) is 116 Å². The van der Waals surface area contributed by atoms with E-state index in [1.807, 2.05) is 36.4 Å². The number of hydrogen-bond donors (Lipinski definition) is 2. The molecular formula is C38H39BrF2N4O4S2. The number of ether oxygens (including phenoxy) is 2. The van der Waals surface area contributed by atoms with Crippen molar-refractivity contribution in [3.8, 4) is 0 Å². The highest BCUT2D eigenvalue weighted by Gasteiger charge is 2.12. The number of thiazole rings is 2. The van der Waals surface area contributed by atoms with Crippen molar-refractivity contribution in [3.05, 3.63) is 117 Å². The van der Waals surface area contributed by atoms with Crippen LogP contribution in [0.2, 0.25) is 0 Å². The van der Waals surface area contributed by atoms with Gasteiger partial charge in [-0.3, -0.25) is 0 Å². The van der Waals surface area contributed by atoms with Gasteiger partial charge in [-0.2, -0.15) is 0 Å². The van der Waals surface area contributed by atoms with Crippen molar-refractivity contribution in [2.45, 2.75) is 51.4 Å². The number of nitrogens with one attached hydrogen (secondary N) is 1. The Labute approximate surface area is 312 Å². The number of nitrogens with zero attached hydrogens (tertiary/aromatic N) is 2. The van der Waals surface area contributed by atoms with Gasteiger partial charge < -0.3 is 20.5 Å². The Morgan fingerprint density at radius 3 is 1.71 bits per heavy atom. The van der Waals surface area contributed by atoms with E-state index in [4.69, 9.17) is 5.73 Å². The molecule has 268 valence electrons. The smallest absolute Gasteiger partial charge is 0.337 e. The van der Waals surface area contributed by atoms with Crippen LogP contribution in [0.5, 0.6) is 0 Å². The predicted molar refractivity (Wildman–Crippen MR) is 207 cm³/mol. The Hall–Kier alpha value is -4.46. The first-order valence-electron chi connectivity index (χ1n) is 15.9. The molecule has 0 saturated heterocycles. The molecule has 0 aliphatic carbocycles. The number of carbonyl (C=O) groups excluding carboxylic acids is 2. The van der Waals surface area contributed by atoms with Gasteiger partial charge in [0.05, 0.1) is 55.8 Å². The first-order valence-corrected chi connectivity index (χ1v) is 18.7. The van der Waals surface area contributed by atoms with E-state index >= 15 is 0 Å². The fraction of sp³-hybridized carbons (Fsp3) is 0.263. The highest BCUT2D eigenvalue weighted by Crippen LogP contribution is 2.30. The van der Waals surface area contributed by atoms with Crippen molar-refractivity contribution < 1.29 is 27.8 Å². The number of rotatable bonds is 8. The predicted octanol–water partition coefficient (Wildman–Crippen LogP) is 10.5. The van der Waals surface area contributed by atoms with E-state index < -0.39 is 23.6 Å². The molecule has 6 rings (SSSR count). The van der Waals surface area contributed by atoms with Crippen molar-refractivity contribution in [2.75, 3.05) is 25.3 Å². The number of nitrogen functional groups attached to an aromatic ring is 1. The van der Waals surface area contributed by atoms with Crippen LogP contribution in [-0.4, -0.2) is 36.1 Å². The quantitative estimate of drug-likeness (QED) is 0.0888. The monoisotopic (exact) mass is 796 g/mol. The van der Waals surface area contributed by atoms with Crippen LogP contribution in [0.15, 0.2) is 72.8 Å². The molecule has 3 N–H and O–H groups in total. The highest BCUT2D eigenvalue weighted by molar-refractivity contribution is 9.08. The number of hydrogen-bond acceptors (Lipinski definition) is 10. The Bertz CT molecular complexity index is 2130. The third-order valence-electron chi connectivity index (χ3n) is 7.40. The Morgan fingerprint density at radius 2 is 1.24 bits per heavy atom. The molecular weight excluding hydrogens is 758 g/mol. The van der Waals surface area contributed by atoms with E-state index in [0.717, 1.165) is 32.1 Å². The van der Waals surface area contributed by atoms with E-state index in [9.17, 15) is 18.4 Å². The van der Waals surface area contributed by atoms with Crippen LogP contribution >= 0.6 is 38.6 Å². The molecule has 0 aliphatic rings. The lowest BCUT2D eigenvalue weighted by Gasteiger charge is -2.08. The molecule has 2 aromatic heterocycles. The summed E-state index contributed by atoms with van der Waals surface area (Å²) in [4.78, 5) is 31.5. The van der Waals surface area contributed by atoms with Crippen molar-refractivity contribution in [1.82, 2.24) is 9.97 Å². The van der Waals surface area contributed by atoms with Gasteiger partial charge >= 0.3 is 11.9 Å². The molecule has 0 aliphatic heterocycles. The maximum Gasteiger partial charge on any atom is 0.337 e. The minimum Gasteiger partial charge on any atom is -0.465 e. The zero-order valence-corrected chi connectivity index (χ0v) is 32.3. The maximum absolute atomic E-state index is 14.1. The summed E-state index contributed by atoms with van der Waals surface area (Å²) in [6, 6.07) is 20.4. The van der Waals surface area contributed by atoms with Crippen LogP contribution in [0.25, 0.3) is 20.4 Å². The fourth-order valence-corrected chi connectivity index (χ4v) is 7.02. The van der Waals surface area contributed by atoms with Crippen LogP contribution in [-0.2, 0) is 21.3 Å². The molecule has 0 spiro atoms. The van der Waals surface area contributed by atoms with E-state index in [2.05, 4.69) is 68.4 Å². The summed E-state index contributed by atoms with van der Waals surface area (Å²) in [5.74, 6) is -1.01. The van der Waals surface area contributed by atoms with Crippen molar-refractivity contribution in [3.63, 3.8) is 0 Å². The molecule has 6 aromatic rings. The Balaban J connectivity index is 0.000000189. The zero-order valence-electron chi connectivity index (χ0n) is 29.1. The van der Waals surface area contributed by atoms with Gasteiger partial charge in [-0.05, 0) is 66.2 Å². The average molecular weight is 798 g/mol. The van der Waals surface area contributed by atoms with Gasteiger partial charge in [-0.15, -0.1) is 22.7 Å². The molecule has 8 nitrogen and oxygen atoms in total. The summed E-state index contributed by atoms with van der Waals surface area (Å²) < 4.78 is 38.6. The largest absolute Gasteiger partial charge is 0.465 e. The number of carbonyl (C=O) groups is 2. The number of halogens is 3. The molecule has 0 amide bonds. The molecule has 2 heterocycles. The number of benzene rings is 4. The highest BCUT2D eigenvalue weighted by atomic mass is 79.9. The average Bonchev–Trinajstić information content (AvgIpc) is 3.75. The fourth-order valence-electron chi connectivity index (χ4n) is 4.54. The van der Waals surface area contributed by atoms with E-state index in [1.54, 1.807) is 40.9 Å². The molecule has 4 aromatic carbocycles. The molecule has 0 radical (unpaired) electrons. The molecule has 0 atom stereocenters. The van der Waals surface area contributed by atoms with Gasteiger partial charge in [0.2, 0.25) is 0 Å². The van der Waals surface area contributed by atoms with Crippen LogP contribution < -0.4 is 11.1 Å². The van der Waals surface area contributed by atoms with E-state index in [-0.39, 0.29) is 11.1 Å². The van der Waals surface area contributed by atoms with Gasteiger partial charge in [0.25, 0.3) is 0 Å². The second-order valence-electron chi connectivity index (χ2n) is 11.9. The molecule has 13 heteroatoms. The number of methoxy groups -OCH3 is 2. The molecule has 0 saturated carbocycles. The summed E-state index contributed by atoms with van der Waals surface area (Å²) in [6.45, 7) is 8.88. The second-order valence-corrected chi connectivity index (χ2v) is 14.6. The number of anilines is 2. The van der Waals surface area contributed by atoms with Crippen LogP contribution in [0.3, 0.4) is 0 Å². The van der Waals surface area contributed by atoms with E-state index in [1.165, 1.54) is 42.1 Å². The summed E-state index contributed by atoms with van der Waals surface area (Å²) in [5, 5.41) is 5.94. The second kappa shape index (κ2) is 18.2. The molecule has 51 heavy (non-hydrogen) atoms. The van der Waals surface area contributed by atoms with Crippen LogP contribution in [0, 0.1) is 11.6 Å². The standard InChI is InChI=1S/C19H19FN2O2S.C10H12N2S.C9H8BrFO2/c1-11(2)18-22-16-7-6-14(9-17(16)25-18)21-10-13-5-4-12(8-15(13)20)19(23)24-3;1-6(2)10-12-8-4-3-7(11)5-9(8)13-10;1-13-9(12)6-2-3-7(5-10)8(11)4-6/h4-9,11,21H,10H2,1-3H3;3-6H,11H2,1-2H3;2-4H,5H2,1H3. The summed E-state index contributed by atoms with van der Waals surface area (Å²) in [7, 11) is 2.54. The van der Waals surface area contributed by atoms with Crippen molar-refractivity contribution in [1.29, 1.82) is 0 Å². The van der Waals surface area contributed by atoms with Crippen molar-refractivity contribution in [2.24, 2.45) is 0 Å². The normalized spacial score (nSPS) is 10.8. The maximum atomic E-state index is 14.1. The van der Waals surface area contributed by atoms with Gasteiger partial charge in [0, 0.05) is 40.6 Å². The third-order valence-corrected chi connectivity index (χ3v) is 10.6. The number of fused-ring (bicyclic) bond motifs is 2. The SMILES string of the molecule is CC(C)c1nc2ccc(N)cc2s1.COC(=O)c1ccc(CBr)c(F)c1.COC(=O)c1ccc(CNc2ccc3nc(C(C)C)sc3c2)c(F)c1. The third kappa shape index (κ3) is 10.5. The van der Waals surface area contributed by atoms with Crippen LogP contribution in [0.4, 0.5) is 20.2 Å². The Morgan fingerprint density at radius 1 is 0.745 bits per heavy atom. The Kier molecular flexibility index (Phi) is 14.0. The van der Waals surface area contributed by atoms with Gasteiger partial charge in [-0.1, -0.05) is 55.8 Å². The lowest BCUT2D eigenvalue weighted by Crippen LogP contribution is -2.05. The summed E-state index contributed by atoms with van der Waals surface area (Å²) in [6.07, 6.45) is 0. The van der Waals surface area contributed by atoms with Gasteiger partial charge in [-0.25, -0.2) is 28.3 Å². The number of nitrogens with two attached hydrogens (primary N) is 1. The number of aromatic nitrogens is 2. The summed E-state index contributed by atoms with van der Waals surface area (Å²) >= 11 is 6.53. The number of esters is 2. The summed E-state index contributed by atoms with van der Waals surface area (Å²) in [5.41, 5.74) is 10.9. The van der Waals surface area contributed by atoms with Crippen LogP contribution in [0.1, 0.15) is 81.4 Å². The van der Waals surface area contributed by atoms with E-state index in [0.29, 0.717) is 34.8 Å². The minimum absolute atomic E-state index is 0.205. The number of alkyl halides is 1. The lowest BCUT2D eigenvalue weighted by atomic mass is 10.1. The molecule has 0 bridgehead atoms. The molecule has 0 unspecified atom stereocenters. The van der Waals surface area contributed by atoms with Gasteiger partial charge in [0.1, 0.15) is 11.6 Å². The first kappa shape index (κ1) is 39.3. The van der Waals surface area contributed by atoms with Crippen molar-refractivity contribution >= 4 is 82.4 Å².